The average Bonchev–Trinajstić information content (AvgIpc) is 3.15. The van der Waals surface area contributed by atoms with Gasteiger partial charge in [-0.15, -0.1) is 11.3 Å². The van der Waals surface area contributed by atoms with Crippen molar-refractivity contribution in [1.82, 2.24) is 9.88 Å². The largest absolute Gasteiger partial charge is 0.383 e. The summed E-state index contributed by atoms with van der Waals surface area (Å²) >= 11 is 3.01. The number of likely N-dealkylation sites (tertiary alicyclic amines) is 1. The lowest BCUT2D eigenvalue weighted by atomic mass is 9.93. The van der Waals surface area contributed by atoms with Gasteiger partial charge in [0.2, 0.25) is 0 Å². The maximum Gasteiger partial charge on any atom is 0.273 e. The third kappa shape index (κ3) is 2.84. The Hall–Kier alpha value is -1.37. The van der Waals surface area contributed by atoms with Gasteiger partial charge in [-0.3, -0.25) is 4.79 Å². The summed E-state index contributed by atoms with van der Waals surface area (Å²) in [6.45, 7) is 0.873. The van der Waals surface area contributed by atoms with E-state index in [9.17, 15) is 9.90 Å². The highest BCUT2D eigenvalue weighted by atomic mass is 32.2. The normalized spacial score (nSPS) is 21.7. The van der Waals surface area contributed by atoms with Crippen LogP contribution in [0.15, 0.2) is 40.1 Å². The van der Waals surface area contributed by atoms with Crippen LogP contribution in [0.2, 0.25) is 0 Å². The van der Waals surface area contributed by atoms with E-state index in [1.165, 1.54) is 23.1 Å². The van der Waals surface area contributed by atoms with Crippen molar-refractivity contribution >= 4 is 29.0 Å². The minimum Gasteiger partial charge on any atom is -0.383 e. The molecular formula is C15H16N2O2S2. The van der Waals surface area contributed by atoms with Gasteiger partial charge in [-0.2, -0.15) is 0 Å². The summed E-state index contributed by atoms with van der Waals surface area (Å²) in [7, 11) is 0. The van der Waals surface area contributed by atoms with Crippen LogP contribution in [0.1, 0.15) is 22.5 Å². The zero-order valence-corrected chi connectivity index (χ0v) is 13.3. The summed E-state index contributed by atoms with van der Waals surface area (Å²) in [6.07, 6.45) is 2.50. The number of carbonyl (C=O) groups is 1. The van der Waals surface area contributed by atoms with Crippen molar-refractivity contribution in [1.29, 1.82) is 0 Å². The molecule has 0 spiro atoms. The van der Waals surface area contributed by atoms with E-state index in [4.69, 9.17) is 0 Å². The Kier molecular flexibility index (Phi) is 4.01. The van der Waals surface area contributed by atoms with Crippen molar-refractivity contribution in [2.75, 3.05) is 19.3 Å². The predicted octanol–water partition coefficient (Wildman–Crippen LogP) is 2.60. The number of aliphatic hydroxyl groups is 1. The summed E-state index contributed by atoms with van der Waals surface area (Å²) < 4.78 is 0.885. The second-order valence-electron chi connectivity index (χ2n) is 5.08. The van der Waals surface area contributed by atoms with E-state index in [1.54, 1.807) is 10.3 Å². The number of thiazole rings is 1. The van der Waals surface area contributed by atoms with Crippen LogP contribution < -0.4 is 0 Å². The fourth-order valence-corrected chi connectivity index (χ4v) is 3.80. The Morgan fingerprint density at radius 3 is 2.86 bits per heavy atom. The molecule has 0 bridgehead atoms. The molecule has 21 heavy (non-hydrogen) atoms. The zero-order valence-electron chi connectivity index (χ0n) is 11.7. The van der Waals surface area contributed by atoms with Crippen molar-refractivity contribution in [3.8, 4) is 0 Å². The number of benzene rings is 1. The predicted molar refractivity (Wildman–Crippen MR) is 84.8 cm³/mol. The van der Waals surface area contributed by atoms with E-state index in [1.807, 2.05) is 36.6 Å². The third-order valence-electron chi connectivity index (χ3n) is 3.72. The molecule has 1 aromatic carbocycles. The first kappa shape index (κ1) is 14.6. The van der Waals surface area contributed by atoms with E-state index in [0.717, 1.165) is 9.90 Å². The lowest BCUT2D eigenvalue weighted by molar-refractivity contribution is 0.0416. The summed E-state index contributed by atoms with van der Waals surface area (Å²) in [5.41, 5.74) is 0.389. The standard InChI is InChI=1S/C15H16N2O2S2/c1-20-14-16-12(9-21-14)13(18)17-8-7-15(19,10-17)11-5-3-2-4-6-11/h2-6,9,19H,7-8,10H2,1H3/t15-/m1/s1. The Morgan fingerprint density at radius 2 is 2.19 bits per heavy atom. The van der Waals surface area contributed by atoms with Crippen LogP contribution in [-0.4, -0.2) is 40.2 Å². The van der Waals surface area contributed by atoms with Crippen LogP contribution in [0, 0.1) is 0 Å². The number of thioether (sulfide) groups is 1. The molecule has 6 heteroatoms. The van der Waals surface area contributed by atoms with E-state index < -0.39 is 5.60 Å². The Morgan fingerprint density at radius 1 is 1.43 bits per heavy atom. The highest BCUT2D eigenvalue weighted by molar-refractivity contribution is 8.00. The topological polar surface area (TPSA) is 53.4 Å². The Balaban J connectivity index is 1.76. The number of rotatable bonds is 3. The monoisotopic (exact) mass is 320 g/mol. The van der Waals surface area contributed by atoms with Gasteiger partial charge in [0.25, 0.3) is 5.91 Å². The first-order chi connectivity index (χ1) is 10.1. The zero-order chi connectivity index (χ0) is 14.9. The number of aromatic nitrogens is 1. The third-order valence-corrected chi connectivity index (χ3v) is 5.59. The van der Waals surface area contributed by atoms with Gasteiger partial charge in [0.1, 0.15) is 15.6 Å². The minimum atomic E-state index is -0.949. The maximum absolute atomic E-state index is 12.4. The van der Waals surface area contributed by atoms with Gasteiger partial charge in [-0.05, 0) is 18.2 Å². The molecule has 110 valence electrons. The molecule has 2 aromatic rings. The smallest absolute Gasteiger partial charge is 0.273 e. The van der Waals surface area contributed by atoms with Crippen molar-refractivity contribution in [3.05, 3.63) is 47.0 Å². The first-order valence-electron chi connectivity index (χ1n) is 6.69. The highest BCUT2D eigenvalue weighted by Crippen LogP contribution is 2.32. The molecule has 1 aliphatic heterocycles. The number of amides is 1. The maximum atomic E-state index is 12.4. The molecular weight excluding hydrogens is 304 g/mol. The van der Waals surface area contributed by atoms with Crippen LogP contribution in [0.5, 0.6) is 0 Å². The van der Waals surface area contributed by atoms with Gasteiger partial charge in [-0.1, -0.05) is 42.1 Å². The molecule has 1 fully saturated rings. The van der Waals surface area contributed by atoms with Crippen molar-refractivity contribution < 1.29 is 9.90 Å². The number of β-amino-alcohol motifs (C(OH)–C–C–N with tert-alkyl or cyclic N) is 1. The Bertz CT molecular complexity index is 644. The van der Waals surface area contributed by atoms with Gasteiger partial charge >= 0.3 is 0 Å². The summed E-state index contributed by atoms with van der Waals surface area (Å²) in [5, 5.41) is 12.6. The van der Waals surface area contributed by atoms with Gasteiger partial charge in [0.05, 0.1) is 6.54 Å². The second-order valence-corrected chi connectivity index (χ2v) is 6.99. The van der Waals surface area contributed by atoms with Gasteiger partial charge in [-0.25, -0.2) is 4.98 Å². The quantitative estimate of drug-likeness (QED) is 0.883. The first-order valence-corrected chi connectivity index (χ1v) is 8.79. The van der Waals surface area contributed by atoms with Crippen LogP contribution >= 0.6 is 23.1 Å². The minimum absolute atomic E-state index is 0.0987. The van der Waals surface area contributed by atoms with Gasteiger partial charge in [0.15, 0.2) is 0 Å². The van der Waals surface area contributed by atoms with Gasteiger partial charge < -0.3 is 10.0 Å². The van der Waals surface area contributed by atoms with Crippen LogP contribution in [0.4, 0.5) is 0 Å². The molecule has 1 amide bonds. The molecule has 4 nitrogen and oxygen atoms in total. The van der Waals surface area contributed by atoms with Crippen molar-refractivity contribution in [3.63, 3.8) is 0 Å². The lowest BCUT2D eigenvalue weighted by Gasteiger charge is -2.23. The molecule has 1 aliphatic rings. The van der Waals surface area contributed by atoms with E-state index in [-0.39, 0.29) is 5.91 Å². The number of hydrogen-bond donors (Lipinski definition) is 1. The van der Waals surface area contributed by atoms with Crippen LogP contribution in [0.25, 0.3) is 0 Å². The van der Waals surface area contributed by atoms with E-state index in [2.05, 4.69) is 4.98 Å². The summed E-state index contributed by atoms with van der Waals surface area (Å²) in [5.74, 6) is -0.0987. The Labute approximate surface area is 131 Å². The molecule has 0 aliphatic carbocycles. The van der Waals surface area contributed by atoms with Crippen molar-refractivity contribution in [2.45, 2.75) is 16.4 Å². The molecule has 0 radical (unpaired) electrons. The second kappa shape index (κ2) is 5.79. The number of hydrogen-bond acceptors (Lipinski definition) is 5. The van der Waals surface area contributed by atoms with E-state index in [0.29, 0.717) is 25.2 Å². The highest BCUT2D eigenvalue weighted by Gasteiger charge is 2.40. The van der Waals surface area contributed by atoms with Crippen LogP contribution in [0.3, 0.4) is 0 Å². The van der Waals surface area contributed by atoms with Crippen molar-refractivity contribution in [2.24, 2.45) is 0 Å². The van der Waals surface area contributed by atoms with Gasteiger partial charge in [0, 0.05) is 11.9 Å². The summed E-state index contributed by atoms with van der Waals surface area (Å²) in [4.78, 5) is 18.4. The molecule has 1 aromatic heterocycles. The molecule has 3 rings (SSSR count). The number of nitrogens with zero attached hydrogens (tertiary/aromatic N) is 2. The summed E-state index contributed by atoms with van der Waals surface area (Å²) in [6, 6.07) is 9.54. The molecule has 1 saturated heterocycles. The lowest BCUT2D eigenvalue weighted by Crippen LogP contribution is -2.34. The fourth-order valence-electron chi connectivity index (χ4n) is 2.56. The molecule has 1 N–H and O–H groups in total. The fraction of sp³-hybridized carbons (Fsp3) is 0.333. The number of carbonyl (C=O) groups excluding carboxylic acids is 1. The average molecular weight is 320 g/mol. The molecule has 2 heterocycles. The molecule has 0 unspecified atom stereocenters. The van der Waals surface area contributed by atoms with Crippen LogP contribution in [-0.2, 0) is 5.60 Å². The van der Waals surface area contributed by atoms with E-state index >= 15 is 0 Å². The SMILES string of the molecule is CSc1nc(C(=O)N2CC[C@](O)(c3ccccc3)C2)cs1. The molecule has 0 saturated carbocycles. The molecule has 1 atom stereocenters.